The van der Waals surface area contributed by atoms with Gasteiger partial charge in [0, 0.05) is 23.4 Å². The minimum Gasteiger partial charge on any atom is -0.345 e. The van der Waals surface area contributed by atoms with Crippen molar-refractivity contribution in [3.8, 4) is 0 Å². The highest BCUT2D eigenvalue weighted by atomic mass is 35.5. The van der Waals surface area contributed by atoms with Crippen LogP contribution in [0, 0.1) is 6.92 Å². The maximum Gasteiger partial charge on any atom is 0.0576 e. The number of anilines is 3. The van der Waals surface area contributed by atoms with Crippen LogP contribution in [0.3, 0.4) is 0 Å². The summed E-state index contributed by atoms with van der Waals surface area (Å²) >= 11 is 6.11. The van der Waals surface area contributed by atoms with Gasteiger partial charge in [0.05, 0.1) is 11.9 Å². The van der Waals surface area contributed by atoms with Gasteiger partial charge in [-0.25, -0.2) is 0 Å². The highest BCUT2D eigenvalue weighted by molar-refractivity contribution is 6.31. The molecule has 0 radical (unpaired) electrons. The Morgan fingerprint density at radius 2 is 1.60 bits per heavy atom. The molecule has 4 heteroatoms. The van der Waals surface area contributed by atoms with E-state index < -0.39 is 0 Å². The average Bonchev–Trinajstić information content (AvgIpc) is 2.65. The fourth-order valence-electron chi connectivity index (χ4n) is 2.43. The summed E-state index contributed by atoms with van der Waals surface area (Å²) in [6.45, 7) is 1.98. The van der Waals surface area contributed by atoms with Crippen molar-refractivity contribution in [2.45, 2.75) is 6.92 Å². The van der Waals surface area contributed by atoms with Crippen LogP contribution in [-0.2, 0) is 0 Å². The first-order valence-electron chi connectivity index (χ1n) is 8.07. The van der Waals surface area contributed by atoms with Gasteiger partial charge in [0.1, 0.15) is 0 Å². The molecule has 0 heterocycles. The van der Waals surface area contributed by atoms with E-state index in [1.54, 1.807) is 6.21 Å². The third-order valence-corrected chi connectivity index (χ3v) is 4.41. The van der Waals surface area contributed by atoms with Gasteiger partial charge in [0.15, 0.2) is 0 Å². The van der Waals surface area contributed by atoms with Gasteiger partial charge in [-0.3, -0.25) is 5.43 Å². The maximum absolute atomic E-state index is 6.11. The summed E-state index contributed by atoms with van der Waals surface area (Å²) in [5.41, 5.74) is 8.22. The molecule has 126 valence electrons. The minimum absolute atomic E-state index is 0.730. The van der Waals surface area contributed by atoms with E-state index >= 15 is 0 Å². The van der Waals surface area contributed by atoms with Crippen molar-refractivity contribution in [1.29, 1.82) is 0 Å². The molecule has 1 N–H and O–H groups in total. The zero-order chi connectivity index (χ0) is 17.6. The predicted octanol–water partition coefficient (Wildman–Crippen LogP) is 5.86. The first kappa shape index (κ1) is 17.1. The Morgan fingerprint density at radius 3 is 2.28 bits per heavy atom. The number of nitrogens with zero attached hydrogens (tertiary/aromatic N) is 2. The topological polar surface area (TPSA) is 27.6 Å². The largest absolute Gasteiger partial charge is 0.345 e. The lowest BCUT2D eigenvalue weighted by Crippen LogP contribution is -2.08. The van der Waals surface area contributed by atoms with Crippen molar-refractivity contribution < 1.29 is 0 Å². The molecule has 0 saturated carbocycles. The summed E-state index contributed by atoms with van der Waals surface area (Å²) in [6, 6.07) is 24.3. The number of nitrogens with one attached hydrogen (secondary N) is 1. The SMILES string of the molecule is Cc1ccc(N/N=C/c2ccc(N(C)c3ccccc3)cc2)cc1Cl. The van der Waals surface area contributed by atoms with Crippen LogP contribution in [0.4, 0.5) is 17.1 Å². The van der Waals surface area contributed by atoms with Crippen LogP contribution in [0.2, 0.25) is 5.02 Å². The summed E-state index contributed by atoms with van der Waals surface area (Å²) in [4.78, 5) is 2.15. The van der Waals surface area contributed by atoms with E-state index in [2.05, 4.69) is 46.7 Å². The smallest absolute Gasteiger partial charge is 0.0576 e. The predicted molar refractivity (Wildman–Crippen MR) is 108 cm³/mol. The van der Waals surface area contributed by atoms with E-state index in [9.17, 15) is 0 Å². The fraction of sp³-hybridized carbons (Fsp3) is 0.0952. The van der Waals surface area contributed by atoms with Gasteiger partial charge < -0.3 is 4.90 Å². The second-order valence-electron chi connectivity index (χ2n) is 5.82. The first-order valence-corrected chi connectivity index (χ1v) is 8.45. The third kappa shape index (κ3) is 4.40. The van der Waals surface area contributed by atoms with E-state index in [1.807, 2.05) is 55.5 Å². The summed E-state index contributed by atoms with van der Waals surface area (Å²) in [5, 5.41) is 5.00. The normalized spacial score (nSPS) is 10.8. The molecular formula is C21H20ClN3. The fourth-order valence-corrected chi connectivity index (χ4v) is 2.61. The number of para-hydroxylation sites is 1. The summed E-state index contributed by atoms with van der Waals surface area (Å²) in [5.74, 6) is 0. The molecule has 0 aliphatic rings. The molecule has 0 aromatic heterocycles. The van der Waals surface area contributed by atoms with E-state index in [0.717, 1.165) is 33.2 Å². The number of hydrogen-bond acceptors (Lipinski definition) is 3. The third-order valence-electron chi connectivity index (χ3n) is 4.00. The van der Waals surface area contributed by atoms with Gasteiger partial charge in [0.25, 0.3) is 0 Å². The molecule has 0 amide bonds. The second-order valence-corrected chi connectivity index (χ2v) is 6.23. The van der Waals surface area contributed by atoms with Crippen LogP contribution < -0.4 is 10.3 Å². The van der Waals surface area contributed by atoms with Crippen LogP contribution in [0.15, 0.2) is 77.9 Å². The van der Waals surface area contributed by atoms with E-state index in [4.69, 9.17) is 11.6 Å². The standard InChI is InChI=1S/C21H20ClN3/c1-16-8-11-18(14-21(16)22)24-23-15-17-9-12-20(13-10-17)25(2)19-6-4-3-5-7-19/h3-15,24H,1-2H3/b23-15+. The number of hydrogen-bond donors (Lipinski definition) is 1. The van der Waals surface area contributed by atoms with Crippen LogP contribution >= 0.6 is 11.6 Å². The maximum atomic E-state index is 6.11. The van der Waals surface area contributed by atoms with Crippen LogP contribution in [0.5, 0.6) is 0 Å². The zero-order valence-electron chi connectivity index (χ0n) is 14.3. The number of hydrazone groups is 1. The van der Waals surface area contributed by atoms with Crippen LogP contribution in [0.1, 0.15) is 11.1 Å². The number of rotatable bonds is 5. The molecule has 3 nitrogen and oxygen atoms in total. The summed E-state index contributed by atoms with van der Waals surface area (Å²) in [6.07, 6.45) is 1.79. The molecule has 0 aliphatic heterocycles. The van der Waals surface area contributed by atoms with Crippen molar-refractivity contribution in [2.75, 3.05) is 17.4 Å². The van der Waals surface area contributed by atoms with Crippen molar-refractivity contribution in [1.82, 2.24) is 0 Å². The molecule has 25 heavy (non-hydrogen) atoms. The van der Waals surface area contributed by atoms with Gasteiger partial charge in [-0.2, -0.15) is 5.10 Å². The van der Waals surface area contributed by atoms with Crippen molar-refractivity contribution in [3.63, 3.8) is 0 Å². The highest BCUT2D eigenvalue weighted by Crippen LogP contribution is 2.23. The van der Waals surface area contributed by atoms with Crippen molar-refractivity contribution in [2.24, 2.45) is 5.10 Å². The molecular weight excluding hydrogens is 330 g/mol. The highest BCUT2D eigenvalue weighted by Gasteiger charge is 2.02. The van der Waals surface area contributed by atoms with E-state index in [1.165, 1.54) is 0 Å². The molecule has 0 spiro atoms. The Hall–Kier alpha value is -2.78. The molecule has 3 aromatic rings. The second kappa shape index (κ2) is 7.86. The van der Waals surface area contributed by atoms with Gasteiger partial charge in [-0.15, -0.1) is 0 Å². The van der Waals surface area contributed by atoms with E-state index in [0.29, 0.717) is 0 Å². The molecule has 0 aliphatic carbocycles. The zero-order valence-corrected chi connectivity index (χ0v) is 15.0. The molecule has 3 aromatic carbocycles. The van der Waals surface area contributed by atoms with Crippen LogP contribution in [-0.4, -0.2) is 13.3 Å². The Balaban J connectivity index is 1.65. The van der Waals surface area contributed by atoms with Crippen molar-refractivity contribution in [3.05, 3.63) is 88.9 Å². The molecule has 0 unspecified atom stereocenters. The van der Waals surface area contributed by atoms with Crippen LogP contribution in [0.25, 0.3) is 0 Å². The summed E-state index contributed by atoms with van der Waals surface area (Å²) in [7, 11) is 2.06. The molecule has 0 saturated heterocycles. The Bertz CT molecular complexity index is 858. The lowest BCUT2D eigenvalue weighted by Gasteiger charge is -2.19. The first-order chi connectivity index (χ1) is 12.1. The number of halogens is 1. The quantitative estimate of drug-likeness (QED) is 0.461. The Kier molecular flexibility index (Phi) is 5.36. The molecule has 0 atom stereocenters. The Labute approximate surface area is 153 Å². The molecule has 0 bridgehead atoms. The van der Waals surface area contributed by atoms with Gasteiger partial charge in [-0.1, -0.05) is 48.0 Å². The molecule has 0 fully saturated rings. The Morgan fingerprint density at radius 1 is 0.920 bits per heavy atom. The minimum atomic E-state index is 0.730. The lowest BCUT2D eigenvalue weighted by atomic mass is 10.2. The van der Waals surface area contributed by atoms with Crippen molar-refractivity contribution >= 4 is 34.9 Å². The van der Waals surface area contributed by atoms with E-state index in [-0.39, 0.29) is 0 Å². The van der Waals surface area contributed by atoms with Gasteiger partial charge in [-0.05, 0) is 54.4 Å². The summed E-state index contributed by atoms with van der Waals surface area (Å²) < 4.78 is 0. The number of aryl methyl sites for hydroxylation is 1. The van der Waals surface area contributed by atoms with Gasteiger partial charge >= 0.3 is 0 Å². The van der Waals surface area contributed by atoms with Gasteiger partial charge in [0.2, 0.25) is 0 Å². The molecule has 3 rings (SSSR count). The average molecular weight is 350 g/mol. The monoisotopic (exact) mass is 349 g/mol. The lowest BCUT2D eigenvalue weighted by molar-refractivity contribution is 1.21. The number of benzene rings is 3.